The highest BCUT2D eigenvalue weighted by atomic mass is 32.2. The molecule has 0 saturated carbocycles. The van der Waals surface area contributed by atoms with Gasteiger partial charge in [-0.05, 0) is 37.6 Å². The summed E-state index contributed by atoms with van der Waals surface area (Å²) in [5, 5.41) is 9.21. The molecule has 0 saturated heterocycles. The molecule has 0 aromatic heterocycles. The van der Waals surface area contributed by atoms with E-state index in [1.165, 1.54) is 4.90 Å². The number of hydrogen-bond acceptors (Lipinski definition) is 5. The predicted octanol–water partition coefficient (Wildman–Crippen LogP) is 5.42. The summed E-state index contributed by atoms with van der Waals surface area (Å²) in [5.41, 5.74) is 0. The number of ether oxygens (including phenoxy) is 1. The van der Waals surface area contributed by atoms with Crippen LogP contribution in [0.1, 0.15) is 19.8 Å². The molecule has 3 nitrogen and oxygen atoms in total. The predicted molar refractivity (Wildman–Crippen MR) is 108 cm³/mol. The molecule has 2 rings (SSSR count). The molecule has 0 radical (unpaired) electrons. The number of nitriles is 1. The van der Waals surface area contributed by atoms with Gasteiger partial charge in [-0.3, -0.25) is 4.79 Å². The molecule has 136 valence electrons. The lowest BCUT2D eigenvalue weighted by atomic mass is 10.0. The van der Waals surface area contributed by atoms with Crippen molar-refractivity contribution in [3.8, 4) is 6.07 Å². The van der Waals surface area contributed by atoms with E-state index < -0.39 is 0 Å². The van der Waals surface area contributed by atoms with Crippen molar-refractivity contribution < 1.29 is 9.53 Å². The second kappa shape index (κ2) is 11.7. The van der Waals surface area contributed by atoms with E-state index in [4.69, 9.17) is 4.74 Å². The van der Waals surface area contributed by atoms with E-state index in [1.807, 2.05) is 55.5 Å². The standard InChI is InChI=1S/C21H23NO2S2/c1-17(16-22)20(12-14-25-18-8-4-2-5-9-18)24-21(23)13-15-26-19-10-6-3-7-11-19/h2-11,17,20H,12-15H2,1H3. The first-order chi connectivity index (χ1) is 12.7. The molecular weight excluding hydrogens is 362 g/mol. The zero-order valence-corrected chi connectivity index (χ0v) is 16.5. The van der Waals surface area contributed by atoms with Gasteiger partial charge in [0, 0.05) is 21.3 Å². The van der Waals surface area contributed by atoms with Crippen molar-refractivity contribution in [2.75, 3.05) is 11.5 Å². The summed E-state index contributed by atoms with van der Waals surface area (Å²) in [6.45, 7) is 1.81. The van der Waals surface area contributed by atoms with Crippen LogP contribution in [0.2, 0.25) is 0 Å². The van der Waals surface area contributed by atoms with E-state index in [1.54, 1.807) is 23.5 Å². The van der Waals surface area contributed by atoms with Gasteiger partial charge in [0.1, 0.15) is 6.10 Å². The maximum Gasteiger partial charge on any atom is 0.306 e. The second-order valence-corrected chi connectivity index (χ2v) is 8.14. The van der Waals surface area contributed by atoms with Crippen LogP contribution in [0.4, 0.5) is 0 Å². The Morgan fingerprint density at radius 3 is 2.08 bits per heavy atom. The van der Waals surface area contributed by atoms with Gasteiger partial charge in [0.2, 0.25) is 0 Å². The highest BCUT2D eigenvalue weighted by molar-refractivity contribution is 7.99. The first-order valence-electron chi connectivity index (χ1n) is 8.64. The van der Waals surface area contributed by atoms with E-state index in [9.17, 15) is 10.1 Å². The fraction of sp³-hybridized carbons (Fsp3) is 0.333. The Hall–Kier alpha value is -1.90. The summed E-state index contributed by atoms with van der Waals surface area (Å²) in [7, 11) is 0. The average Bonchev–Trinajstić information content (AvgIpc) is 2.68. The van der Waals surface area contributed by atoms with Gasteiger partial charge in [-0.15, -0.1) is 23.5 Å². The maximum atomic E-state index is 12.1. The number of esters is 1. The number of benzene rings is 2. The fourth-order valence-electron chi connectivity index (χ4n) is 2.30. The summed E-state index contributed by atoms with van der Waals surface area (Å²) < 4.78 is 5.59. The fourth-order valence-corrected chi connectivity index (χ4v) is 4.09. The SMILES string of the molecule is CC(C#N)C(CCSc1ccccc1)OC(=O)CCSc1ccccc1. The molecule has 0 aliphatic rings. The lowest BCUT2D eigenvalue weighted by Crippen LogP contribution is -2.25. The van der Waals surface area contributed by atoms with Gasteiger partial charge in [0.05, 0.1) is 18.4 Å². The summed E-state index contributed by atoms with van der Waals surface area (Å²) >= 11 is 3.35. The molecule has 0 spiro atoms. The summed E-state index contributed by atoms with van der Waals surface area (Å²) in [4.78, 5) is 14.5. The zero-order chi connectivity index (χ0) is 18.6. The van der Waals surface area contributed by atoms with Gasteiger partial charge in [-0.2, -0.15) is 5.26 Å². The monoisotopic (exact) mass is 385 g/mol. The van der Waals surface area contributed by atoms with Crippen LogP contribution in [0.15, 0.2) is 70.5 Å². The van der Waals surface area contributed by atoms with E-state index in [2.05, 4.69) is 18.2 Å². The first-order valence-corrected chi connectivity index (χ1v) is 10.6. The van der Waals surface area contributed by atoms with Gasteiger partial charge < -0.3 is 4.74 Å². The van der Waals surface area contributed by atoms with Gasteiger partial charge in [0.25, 0.3) is 0 Å². The van der Waals surface area contributed by atoms with Crippen LogP contribution < -0.4 is 0 Å². The molecule has 26 heavy (non-hydrogen) atoms. The van der Waals surface area contributed by atoms with E-state index in [-0.39, 0.29) is 18.0 Å². The minimum absolute atomic E-state index is 0.231. The molecule has 2 atom stereocenters. The third-order valence-corrected chi connectivity index (χ3v) is 5.84. The lowest BCUT2D eigenvalue weighted by molar-refractivity contribution is -0.150. The van der Waals surface area contributed by atoms with Gasteiger partial charge in [-0.25, -0.2) is 0 Å². The number of carbonyl (C=O) groups is 1. The lowest BCUT2D eigenvalue weighted by Gasteiger charge is -2.19. The van der Waals surface area contributed by atoms with Crippen molar-refractivity contribution in [3.63, 3.8) is 0 Å². The van der Waals surface area contributed by atoms with Crippen molar-refractivity contribution in [2.45, 2.75) is 35.7 Å². The third-order valence-electron chi connectivity index (χ3n) is 3.78. The van der Waals surface area contributed by atoms with Crippen LogP contribution in [0, 0.1) is 17.2 Å². The normalized spacial score (nSPS) is 12.8. The Morgan fingerprint density at radius 2 is 1.54 bits per heavy atom. The molecule has 5 heteroatoms. The quantitative estimate of drug-likeness (QED) is 0.403. The number of rotatable bonds is 10. The van der Waals surface area contributed by atoms with Crippen LogP contribution in [0.5, 0.6) is 0 Å². The van der Waals surface area contributed by atoms with Crippen LogP contribution >= 0.6 is 23.5 Å². The van der Waals surface area contributed by atoms with Crippen molar-refractivity contribution in [1.29, 1.82) is 5.26 Å². The molecule has 0 amide bonds. The Bertz CT molecular complexity index is 701. The van der Waals surface area contributed by atoms with Crippen molar-refractivity contribution in [3.05, 3.63) is 60.7 Å². The highest BCUT2D eigenvalue weighted by Crippen LogP contribution is 2.22. The Labute approximate surface area is 164 Å². The molecule has 0 N–H and O–H groups in total. The van der Waals surface area contributed by atoms with Crippen molar-refractivity contribution in [1.82, 2.24) is 0 Å². The molecule has 2 unspecified atom stereocenters. The van der Waals surface area contributed by atoms with Crippen LogP contribution in [0.25, 0.3) is 0 Å². The van der Waals surface area contributed by atoms with Crippen LogP contribution in [-0.4, -0.2) is 23.6 Å². The molecule has 0 bridgehead atoms. The molecule has 2 aromatic rings. The first kappa shape index (κ1) is 20.4. The number of hydrogen-bond donors (Lipinski definition) is 0. The van der Waals surface area contributed by atoms with Crippen molar-refractivity contribution in [2.24, 2.45) is 5.92 Å². The second-order valence-electron chi connectivity index (χ2n) is 5.81. The number of carbonyl (C=O) groups excluding carboxylic acids is 1. The molecule has 0 aliphatic heterocycles. The Morgan fingerprint density at radius 1 is 1.00 bits per heavy atom. The topological polar surface area (TPSA) is 50.1 Å². The highest BCUT2D eigenvalue weighted by Gasteiger charge is 2.21. The summed E-state index contributed by atoms with van der Waals surface area (Å²) in [6.07, 6.45) is 0.664. The minimum atomic E-state index is -0.356. The van der Waals surface area contributed by atoms with Gasteiger partial charge >= 0.3 is 5.97 Å². The van der Waals surface area contributed by atoms with Crippen LogP contribution in [0.3, 0.4) is 0 Å². The molecule has 2 aromatic carbocycles. The molecule has 0 fully saturated rings. The third kappa shape index (κ3) is 7.55. The van der Waals surface area contributed by atoms with E-state index in [0.29, 0.717) is 18.6 Å². The minimum Gasteiger partial charge on any atom is -0.461 e. The van der Waals surface area contributed by atoms with Gasteiger partial charge in [-0.1, -0.05) is 36.4 Å². The van der Waals surface area contributed by atoms with Crippen molar-refractivity contribution >= 4 is 29.5 Å². The maximum absolute atomic E-state index is 12.1. The largest absolute Gasteiger partial charge is 0.461 e. The Kier molecular flexibility index (Phi) is 9.16. The number of thioether (sulfide) groups is 2. The molecule has 0 heterocycles. The molecule has 0 aliphatic carbocycles. The summed E-state index contributed by atoms with van der Waals surface area (Å²) in [6, 6.07) is 22.3. The Balaban J connectivity index is 1.75. The van der Waals surface area contributed by atoms with E-state index in [0.717, 1.165) is 10.6 Å². The summed E-state index contributed by atoms with van der Waals surface area (Å²) in [5.74, 6) is 0.949. The van der Waals surface area contributed by atoms with E-state index >= 15 is 0 Å². The smallest absolute Gasteiger partial charge is 0.306 e. The number of nitrogens with zero attached hydrogens (tertiary/aromatic N) is 1. The zero-order valence-electron chi connectivity index (χ0n) is 14.8. The van der Waals surface area contributed by atoms with Gasteiger partial charge in [0.15, 0.2) is 0 Å². The molecular formula is C21H23NO2S2. The average molecular weight is 386 g/mol. The van der Waals surface area contributed by atoms with Crippen LogP contribution in [-0.2, 0) is 9.53 Å².